The normalized spacial score (nSPS) is 11.5. The lowest BCUT2D eigenvalue weighted by Gasteiger charge is -2.18. The molecule has 4 N–H and O–H groups in total. The molecule has 0 atom stereocenters. The summed E-state index contributed by atoms with van der Waals surface area (Å²) in [5.74, 6) is -5.64. The van der Waals surface area contributed by atoms with Crippen molar-refractivity contribution >= 4 is 45.8 Å². The highest BCUT2D eigenvalue weighted by atomic mass is 19.4. The number of benzene rings is 4. The molecule has 81 heavy (non-hydrogen) atoms. The highest BCUT2D eigenvalue weighted by Crippen LogP contribution is 2.34. The van der Waals surface area contributed by atoms with Crippen molar-refractivity contribution in [2.24, 2.45) is 0 Å². The lowest BCUT2D eigenvalue weighted by molar-refractivity contribution is -0.123. The number of carbonyl (C=O) groups is 2. The smallest absolute Gasteiger partial charge is 0.405 e. The monoisotopic (exact) mass is 1120 g/mol. The maximum atomic E-state index is 14.9. The zero-order valence-electron chi connectivity index (χ0n) is 45.3. The first kappa shape index (κ1) is 60.1. The van der Waals surface area contributed by atoms with Crippen LogP contribution in [0.1, 0.15) is 72.4 Å². The number of aryl methyl sites for hydroxylation is 2. The van der Waals surface area contributed by atoms with Gasteiger partial charge >= 0.3 is 12.1 Å². The summed E-state index contributed by atoms with van der Waals surface area (Å²) in [5, 5.41) is 18.3. The lowest BCUT2D eigenvalue weighted by atomic mass is 9.99. The molecule has 23 heteroatoms. The van der Waals surface area contributed by atoms with E-state index in [4.69, 9.17) is 0 Å². The summed E-state index contributed by atoms with van der Waals surface area (Å²) in [6.07, 6.45) is -3.09. The average Bonchev–Trinajstić information content (AvgIpc) is 3.48. The van der Waals surface area contributed by atoms with Crippen molar-refractivity contribution in [2.45, 2.75) is 60.6 Å². The summed E-state index contributed by atoms with van der Waals surface area (Å²) < 4.78 is 99.4. The van der Waals surface area contributed by atoms with Gasteiger partial charge in [0.25, 0.3) is 17.0 Å². The third kappa shape index (κ3) is 14.3. The molecule has 0 saturated heterocycles. The number of fused-ring (bicyclic) bond motifs is 2. The van der Waals surface area contributed by atoms with E-state index in [1.165, 1.54) is 54.6 Å². The van der Waals surface area contributed by atoms with E-state index in [0.717, 1.165) is 97.1 Å². The number of pyridine rings is 2. The summed E-state index contributed by atoms with van der Waals surface area (Å²) in [7, 11) is 0. The number of anilines is 2. The molecule has 8 rings (SSSR count). The number of aromatic nitrogens is 6. The van der Waals surface area contributed by atoms with Crippen LogP contribution in [-0.4, -0.2) is 121 Å². The van der Waals surface area contributed by atoms with Gasteiger partial charge in [0, 0.05) is 52.7 Å². The van der Waals surface area contributed by atoms with Gasteiger partial charge in [0.2, 0.25) is 11.9 Å². The fraction of sp³-hybridized carbons (Fsp3) is 0.310. The van der Waals surface area contributed by atoms with E-state index in [1.54, 1.807) is 26.0 Å². The van der Waals surface area contributed by atoms with Crippen LogP contribution in [0.4, 0.5) is 42.6 Å². The summed E-state index contributed by atoms with van der Waals surface area (Å²) in [6, 6.07) is 20.7. The molecule has 16 nitrogen and oxygen atoms in total. The number of halogens is 7. The number of carbonyl (C=O) groups excluding carboxylic acids is 1. The van der Waals surface area contributed by atoms with Gasteiger partial charge < -0.3 is 30.9 Å². The summed E-state index contributed by atoms with van der Waals surface area (Å²) in [6.45, 7) is 16.5. The summed E-state index contributed by atoms with van der Waals surface area (Å²) >= 11 is 0. The van der Waals surface area contributed by atoms with Crippen molar-refractivity contribution in [1.29, 1.82) is 0 Å². The van der Waals surface area contributed by atoms with Crippen molar-refractivity contribution in [3.05, 3.63) is 163 Å². The molecule has 0 radical (unpaired) electrons. The Bertz CT molecular complexity index is 3680. The molecule has 0 saturated carbocycles. The van der Waals surface area contributed by atoms with Gasteiger partial charge in [0.15, 0.2) is 11.3 Å². The first-order valence-electron chi connectivity index (χ1n) is 26.2. The molecule has 426 valence electrons. The Morgan fingerprint density at radius 3 is 1.35 bits per heavy atom. The Kier molecular flexibility index (Phi) is 19.7. The van der Waals surface area contributed by atoms with Crippen molar-refractivity contribution in [3.63, 3.8) is 0 Å². The molecular weight excluding hydrogens is 1060 g/mol. The van der Waals surface area contributed by atoms with E-state index >= 15 is 0 Å². The maximum absolute atomic E-state index is 14.9. The van der Waals surface area contributed by atoms with Gasteiger partial charge in [-0.15, -0.1) is 0 Å². The standard InChI is InChI=1S/C30H31F5N6O2.C28H29F2N5O3/c1-4-40(5-2)15-7-14-36-29-38-25(21-16-19(11-10-18(21)3)28(43)37-17-30(33,34)35)20-12-13-24(42)41(27(20)39-29)26-22(31)8-6-9-23(26)32;1-4-34(5-2)15-7-14-31-28-32-24(20-16-18(27(37)38)11-10-17(20)3)19-12-13-23(36)35(26(19)33-28)25-21(29)8-6-9-22(25)30/h6,8-13,16H,4-5,7,14-15,17H2,1-3H3,(H,37,43)(H,36,38,39);6,8-13,16H,4-5,7,14-15H2,1-3H3,(H,37,38)(H,31,32,33). The zero-order valence-corrected chi connectivity index (χ0v) is 45.3. The number of nitrogens with zero attached hydrogens (tertiary/aromatic N) is 8. The Morgan fingerprint density at radius 1 is 0.568 bits per heavy atom. The van der Waals surface area contributed by atoms with Crippen molar-refractivity contribution < 1.29 is 45.4 Å². The Hall–Kier alpha value is -8.57. The number of hydrogen-bond donors (Lipinski definition) is 4. The first-order chi connectivity index (χ1) is 38.7. The minimum atomic E-state index is -4.59. The van der Waals surface area contributed by atoms with Crippen molar-refractivity contribution in [2.75, 3.05) is 69.5 Å². The number of carboxylic acids is 1. The number of aromatic carboxylic acids is 1. The molecule has 0 aliphatic carbocycles. The second-order valence-electron chi connectivity index (χ2n) is 18.7. The average molecular weight is 1120 g/mol. The zero-order chi connectivity index (χ0) is 58.7. The van der Waals surface area contributed by atoms with Crippen LogP contribution in [0, 0.1) is 37.1 Å². The van der Waals surface area contributed by atoms with Crippen molar-refractivity contribution in [1.82, 2.24) is 44.2 Å². The highest BCUT2D eigenvalue weighted by Gasteiger charge is 2.29. The van der Waals surface area contributed by atoms with Gasteiger partial charge in [-0.1, -0.05) is 52.0 Å². The van der Waals surface area contributed by atoms with Gasteiger partial charge in [-0.05, 0) is 138 Å². The molecule has 0 aliphatic rings. The largest absolute Gasteiger partial charge is 0.478 e. The minimum absolute atomic E-state index is 0.00197. The number of carboxylic acid groups (broad SMARTS) is 1. The van der Waals surface area contributed by atoms with Crippen LogP contribution in [0.3, 0.4) is 0 Å². The van der Waals surface area contributed by atoms with Gasteiger partial charge in [0.1, 0.15) is 41.2 Å². The molecule has 0 spiro atoms. The molecule has 4 aromatic carbocycles. The van der Waals surface area contributed by atoms with Crippen LogP contribution < -0.4 is 27.1 Å². The molecule has 0 bridgehead atoms. The van der Waals surface area contributed by atoms with Gasteiger partial charge in [-0.25, -0.2) is 32.3 Å². The van der Waals surface area contributed by atoms with E-state index in [2.05, 4.69) is 68.1 Å². The van der Waals surface area contributed by atoms with Crippen LogP contribution >= 0.6 is 0 Å². The molecular formula is C58H60F7N11O5. The quantitative estimate of drug-likeness (QED) is 0.0393. The van der Waals surface area contributed by atoms with E-state index in [9.17, 15) is 55.0 Å². The number of nitrogens with one attached hydrogen (secondary N) is 3. The molecule has 4 aromatic heterocycles. The van der Waals surface area contributed by atoms with E-state index in [-0.39, 0.29) is 45.4 Å². The van der Waals surface area contributed by atoms with E-state index < -0.39 is 70.4 Å². The van der Waals surface area contributed by atoms with Crippen LogP contribution in [0.25, 0.3) is 56.0 Å². The molecule has 4 heterocycles. The number of alkyl halides is 3. The maximum Gasteiger partial charge on any atom is 0.405 e. The van der Waals surface area contributed by atoms with Gasteiger partial charge in [-0.2, -0.15) is 23.1 Å². The Morgan fingerprint density at radius 2 is 0.963 bits per heavy atom. The topological polar surface area (TPSA) is 192 Å². The minimum Gasteiger partial charge on any atom is -0.478 e. The fourth-order valence-electron chi connectivity index (χ4n) is 9.03. The summed E-state index contributed by atoms with van der Waals surface area (Å²) in [4.78, 5) is 73.1. The third-order valence-corrected chi connectivity index (χ3v) is 13.4. The Balaban J connectivity index is 0.000000235. The predicted octanol–water partition coefficient (Wildman–Crippen LogP) is 10.3. The van der Waals surface area contributed by atoms with Gasteiger partial charge in [0.05, 0.1) is 17.0 Å². The third-order valence-electron chi connectivity index (χ3n) is 13.4. The predicted molar refractivity (Wildman–Crippen MR) is 298 cm³/mol. The number of hydrogen-bond acceptors (Lipinski definition) is 12. The SMILES string of the molecule is CCN(CC)CCCNc1nc(-c2cc(C(=O)NCC(F)(F)F)ccc2C)c2ccc(=O)n(-c3c(F)cccc3F)c2n1.CCN(CC)CCCNc1nc(-c2cc(C(=O)O)ccc2C)c2ccc(=O)n(-c3c(F)cccc3F)c2n1. The fourth-order valence-corrected chi connectivity index (χ4v) is 9.03. The van der Waals surface area contributed by atoms with Crippen molar-refractivity contribution in [3.8, 4) is 33.9 Å². The number of rotatable bonds is 21. The van der Waals surface area contributed by atoms with Crippen LogP contribution in [0.5, 0.6) is 0 Å². The lowest BCUT2D eigenvalue weighted by Crippen LogP contribution is -2.33. The van der Waals surface area contributed by atoms with E-state index in [1.807, 2.05) is 5.32 Å². The highest BCUT2D eigenvalue weighted by molar-refractivity contribution is 5.99. The second-order valence-corrected chi connectivity index (χ2v) is 18.7. The molecule has 8 aromatic rings. The first-order valence-corrected chi connectivity index (χ1v) is 26.2. The van der Waals surface area contributed by atoms with Gasteiger partial charge in [-0.3, -0.25) is 23.5 Å². The van der Waals surface area contributed by atoms with Crippen LogP contribution in [-0.2, 0) is 0 Å². The number of para-hydroxylation sites is 2. The second kappa shape index (κ2) is 26.6. The van der Waals surface area contributed by atoms with E-state index in [0.29, 0.717) is 40.9 Å². The Labute approximate surface area is 461 Å². The number of amides is 1. The van der Waals surface area contributed by atoms with Crippen LogP contribution in [0.15, 0.2) is 107 Å². The summed E-state index contributed by atoms with van der Waals surface area (Å²) in [5.41, 5.74) is 0.0725. The molecule has 0 unspecified atom stereocenters. The molecule has 0 aliphatic heterocycles. The molecule has 1 amide bonds. The van der Waals surface area contributed by atoms with Crippen LogP contribution in [0.2, 0.25) is 0 Å². The molecule has 0 fully saturated rings.